The number of hydrogen-bond donors (Lipinski definition) is 0. The molecule has 0 spiro atoms. The minimum Gasteiger partial charge on any atom is -0.259 e. The van der Waals surface area contributed by atoms with Crippen LogP contribution in [0.15, 0.2) is 12.3 Å². The lowest BCUT2D eigenvalue weighted by Crippen LogP contribution is -2.05. The minimum atomic E-state index is -0.898. The average Bonchev–Trinajstić information content (AvgIpc) is 2.19. The number of nitrogens with zero attached hydrogens (tertiary/aromatic N) is 1. The van der Waals surface area contributed by atoms with E-state index in [0.29, 0.717) is 33.2 Å². The van der Waals surface area contributed by atoms with Crippen molar-refractivity contribution < 1.29 is 4.21 Å². The van der Waals surface area contributed by atoms with Gasteiger partial charge < -0.3 is 0 Å². The number of halogens is 2. The Morgan fingerprint density at radius 1 is 1.44 bits per heavy atom. The summed E-state index contributed by atoms with van der Waals surface area (Å²) in [6, 6.07) is 1.63. The van der Waals surface area contributed by atoms with Crippen LogP contribution in [-0.4, -0.2) is 14.9 Å². The van der Waals surface area contributed by atoms with Crippen molar-refractivity contribution in [2.45, 2.75) is 26.0 Å². The lowest BCUT2D eigenvalue weighted by Gasteiger charge is -2.06. The van der Waals surface area contributed by atoms with Gasteiger partial charge in [0.1, 0.15) is 0 Å². The monoisotopic (exact) mass is 279 g/mol. The van der Waals surface area contributed by atoms with E-state index >= 15 is 0 Å². The summed E-state index contributed by atoms with van der Waals surface area (Å²) in [5, 5.41) is 0.993. The third-order valence-electron chi connectivity index (χ3n) is 2.10. The predicted octanol–water partition coefficient (Wildman–Crippen LogP) is 3.68. The fourth-order valence-electron chi connectivity index (χ4n) is 1.14. The first-order chi connectivity index (χ1) is 7.49. The zero-order chi connectivity index (χ0) is 12.1. The number of aromatic nitrogens is 1. The highest BCUT2D eigenvalue weighted by molar-refractivity contribution is 7.84. The molecule has 0 aromatic carbocycles. The lowest BCUT2D eigenvalue weighted by molar-refractivity contribution is 0.619. The van der Waals surface area contributed by atoms with Crippen LogP contribution in [0.25, 0.3) is 0 Å². The molecule has 0 amide bonds. The van der Waals surface area contributed by atoms with Crippen molar-refractivity contribution in [1.82, 2.24) is 4.98 Å². The second-order valence-electron chi connectivity index (χ2n) is 4.05. The van der Waals surface area contributed by atoms with Crippen molar-refractivity contribution in [2.75, 3.05) is 5.75 Å². The topological polar surface area (TPSA) is 30.0 Å². The van der Waals surface area contributed by atoms with Gasteiger partial charge in [-0.2, -0.15) is 0 Å². The van der Waals surface area contributed by atoms with Gasteiger partial charge in [-0.3, -0.25) is 9.19 Å². The van der Waals surface area contributed by atoms with Gasteiger partial charge in [-0.1, -0.05) is 37.0 Å². The first-order valence-corrected chi connectivity index (χ1v) is 7.38. The first kappa shape index (κ1) is 13.9. The van der Waals surface area contributed by atoms with Crippen molar-refractivity contribution in [3.05, 3.63) is 28.0 Å². The Hall–Kier alpha value is -0.120. The summed E-state index contributed by atoms with van der Waals surface area (Å²) in [6.07, 6.45) is 2.49. The number of pyridine rings is 1. The van der Waals surface area contributed by atoms with E-state index in [1.165, 1.54) is 6.20 Å². The van der Waals surface area contributed by atoms with Gasteiger partial charge in [0.05, 0.1) is 21.5 Å². The first-order valence-electron chi connectivity index (χ1n) is 5.14. The molecule has 1 atom stereocenters. The molecular formula is C11H15Cl2NOS. The van der Waals surface area contributed by atoms with Gasteiger partial charge >= 0.3 is 0 Å². The van der Waals surface area contributed by atoms with Crippen molar-refractivity contribution in [2.24, 2.45) is 5.92 Å². The van der Waals surface area contributed by atoms with Crippen LogP contribution in [0.4, 0.5) is 0 Å². The Balaban J connectivity index is 2.56. The summed E-state index contributed by atoms with van der Waals surface area (Å²) >= 11 is 11.7. The van der Waals surface area contributed by atoms with Crippen molar-refractivity contribution in [3.8, 4) is 0 Å². The normalized spacial score (nSPS) is 13.1. The molecule has 0 saturated carbocycles. The maximum Gasteiger partial charge on any atom is 0.0715 e. The molecule has 5 heteroatoms. The van der Waals surface area contributed by atoms with E-state index in [2.05, 4.69) is 18.8 Å². The summed E-state index contributed by atoms with van der Waals surface area (Å²) in [5.74, 6) is 1.67. The van der Waals surface area contributed by atoms with Gasteiger partial charge in [-0.15, -0.1) is 0 Å². The third-order valence-corrected chi connectivity index (χ3v) is 3.93. The summed E-state index contributed by atoms with van der Waals surface area (Å²) in [4.78, 5) is 4.09. The van der Waals surface area contributed by atoms with E-state index in [4.69, 9.17) is 23.2 Å². The van der Waals surface area contributed by atoms with Crippen LogP contribution in [0.2, 0.25) is 10.0 Å². The van der Waals surface area contributed by atoms with Crippen LogP contribution in [-0.2, 0) is 16.6 Å². The average molecular weight is 280 g/mol. The molecule has 1 unspecified atom stereocenters. The van der Waals surface area contributed by atoms with Crippen LogP contribution >= 0.6 is 23.2 Å². The van der Waals surface area contributed by atoms with Crippen molar-refractivity contribution in [3.63, 3.8) is 0 Å². The highest BCUT2D eigenvalue weighted by Gasteiger charge is 2.08. The van der Waals surface area contributed by atoms with E-state index in [0.717, 1.165) is 6.42 Å². The second-order valence-corrected chi connectivity index (χ2v) is 6.47. The van der Waals surface area contributed by atoms with Crippen LogP contribution in [0.1, 0.15) is 26.0 Å². The molecular weight excluding hydrogens is 265 g/mol. The van der Waals surface area contributed by atoms with Crippen LogP contribution in [0.3, 0.4) is 0 Å². The van der Waals surface area contributed by atoms with Crippen molar-refractivity contribution >= 4 is 34.0 Å². The Morgan fingerprint density at radius 3 is 2.69 bits per heavy atom. The molecule has 1 rings (SSSR count). The van der Waals surface area contributed by atoms with Crippen molar-refractivity contribution in [1.29, 1.82) is 0 Å². The van der Waals surface area contributed by atoms with E-state index in [9.17, 15) is 4.21 Å². The second kappa shape index (κ2) is 6.58. The molecule has 0 fully saturated rings. The van der Waals surface area contributed by atoms with Gasteiger partial charge in [0.15, 0.2) is 0 Å². The fourth-order valence-corrected chi connectivity index (χ4v) is 3.08. The largest absolute Gasteiger partial charge is 0.259 e. The highest BCUT2D eigenvalue weighted by Crippen LogP contribution is 2.19. The molecule has 1 heterocycles. The maximum absolute atomic E-state index is 11.7. The van der Waals surface area contributed by atoms with E-state index in [-0.39, 0.29) is 0 Å². The molecule has 2 nitrogen and oxygen atoms in total. The molecule has 0 bridgehead atoms. The summed E-state index contributed by atoms with van der Waals surface area (Å²) in [6.45, 7) is 4.23. The molecule has 0 aliphatic heterocycles. The molecule has 0 saturated heterocycles. The van der Waals surface area contributed by atoms with E-state index < -0.39 is 10.8 Å². The zero-order valence-electron chi connectivity index (χ0n) is 9.37. The van der Waals surface area contributed by atoms with Gasteiger partial charge in [0.2, 0.25) is 0 Å². The van der Waals surface area contributed by atoms with Gasteiger partial charge in [0, 0.05) is 22.7 Å². The standard InChI is InChI=1S/C11H15Cl2NOS/c1-8(2)3-4-16(15)7-11-10(13)5-9(12)6-14-11/h5-6,8H,3-4,7H2,1-2H3. The van der Waals surface area contributed by atoms with Gasteiger partial charge in [-0.25, -0.2) is 0 Å². The Morgan fingerprint density at radius 2 is 2.12 bits per heavy atom. The van der Waals surface area contributed by atoms with Crippen LogP contribution < -0.4 is 0 Å². The third kappa shape index (κ3) is 4.81. The summed E-state index contributed by atoms with van der Waals surface area (Å²) in [5.41, 5.74) is 0.660. The van der Waals surface area contributed by atoms with E-state index in [1.54, 1.807) is 6.07 Å². The number of hydrogen-bond acceptors (Lipinski definition) is 2. The quantitative estimate of drug-likeness (QED) is 0.823. The summed E-state index contributed by atoms with van der Waals surface area (Å²) in [7, 11) is -0.898. The smallest absolute Gasteiger partial charge is 0.0715 e. The fraction of sp³-hybridized carbons (Fsp3) is 0.545. The Labute approximate surface area is 109 Å². The minimum absolute atomic E-state index is 0.405. The molecule has 0 radical (unpaired) electrons. The van der Waals surface area contributed by atoms with E-state index in [1.807, 2.05) is 0 Å². The maximum atomic E-state index is 11.7. The highest BCUT2D eigenvalue weighted by atomic mass is 35.5. The molecule has 0 aliphatic rings. The summed E-state index contributed by atoms with van der Waals surface area (Å²) < 4.78 is 11.7. The molecule has 16 heavy (non-hydrogen) atoms. The predicted molar refractivity (Wildman–Crippen MR) is 70.4 cm³/mol. The van der Waals surface area contributed by atoms with Crippen LogP contribution in [0, 0.1) is 5.92 Å². The lowest BCUT2D eigenvalue weighted by atomic mass is 10.2. The SMILES string of the molecule is CC(C)CCS(=O)Cc1ncc(Cl)cc1Cl. The molecule has 1 aromatic heterocycles. The van der Waals surface area contributed by atoms with Crippen LogP contribution in [0.5, 0.6) is 0 Å². The molecule has 0 N–H and O–H groups in total. The number of rotatable bonds is 5. The Bertz CT molecular complexity index is 382. The molecule has 0 aliphatic carbocycles. The zero-order valence-corrected chi connectivity index (χ0v) is 11.7. The van der Waals surface area contributed by atoms with Gasteiger partial charge in [-0.05, 0) is 18.4 Å². The molecule has 90 valence electrons. The van der Waals surface area contributed by atoms with Gasteiger partial charge in [0.25, 0.3) is 0 Å². The Kier molecular flexibility index (Phi) is 5.73. The molecule has 1 aromatic rings.